The minimum atomic E-state index is -0.750. The maximum Gasteiger partial charge on any atom is 0.271 e. The van der Waals surface area contributed by atoms with Crippen molar-refractivity contribution in [2.24, 2.45) is 4.99 Å². The van der Waals surface area contributed by atoms with E-state index in [4.69, 9.17) is 37.7 Å². The van der Waals surface area contributed by atoms with Crippen molar-refractivity contribution in [1.29, 1.82) is 0 Å². The van der Waals surface area contributed by atoms with E-state index in [0.29, 0.717) is 59.0 Å². The SMILES string of the molecule is COc1cccc([C@H]2C(C(=O)Nc3ccccc3)=C(C)N=c3s/c(=C\c4cc(Cl)ccc4OCc4cccc(Cl)c4)c(=O)n32)c1. The third-order valence-electron chi connectivity index (χ3n) is 7.25. The molecular formula is C35H27Cl2N3O4S. The smallest absolute Gasteiger partial charge is 0.271 e. The molecule has 0 spiro atoms. The van der Waals surface area contributed by atoms with Crippen molar-refractivity contribution < 1.29 is 14.3 Å². The fourth-order valence-electron chi connectivity index (χ4n) is 5.15. The summed E-state index contributed by atoms with van der Waals surface area (Å²) in [6.07, 6.45) is 1.74. The molecule has 0 aliphatic carbocycles. The van der Waals surface area contributed by atoms with Crippen LogP contribution in [0.1, 0.15) is 29.7 Å². The van der Waals surface area contributed by atoms with Crippen molar-refractivity contribution in [3.63, 3.8) is 0 Å². The van der Waals surface area contributed by atoms with Crippen LogP contribution in [0.2, 0.25) is 10.0 Å². The number of methoxy groups -OCH3 is 1. The third kappa shape index (κ3) is 6.59. The molecule has 1 amide bonds. The van der Waals surface area contributed by atoms with Crippen LogP contribution >= 0.6 is 34.5 Å². The van der Waals surface area contributed by atoms with Gasteiger partial charge in [0.05, 0.1) is 29.0 Å². The molecule has 0 unspecified atom stereocenters. The standard InChI is InChI=1S/C35H27Cl2N3O4S/c1-21-31(33(41)39-27-11-4-3-5-12-27)32(23-9-7-13-28(18-23)43-2)40-34(42)30(45-35(40)38-21)19-24-17-26(37)14-15-29(24)44-20-22-8-6-10-25(36)16-22/h3-19,32H,20H2,1-2H3,(H,39,41)/b30-19-/t32-/m0/s1. The predicted molar refractivity (Wildman–Crippen MR) is 179 cm³/mol. The number of nitrogens with zero attached hydrogens (tertiary/aromatic N) is 2. The molecule has 10 heteroatoms. The Morgan fingerprint density at radius 3 is 2.53 bits per heavy atom. The van der Waals surface area contributed by atoms with Crippen LogP contribution in [0.25, 0.3) is 6.08 Å². The molecule has 0 radical (unpaired) electrons. The van der Waals surface area contributed by atoms with E-state index in [0.717, 1.165) is 5.56 Å². The van der Waals surface area contributed by atoms with Gasteiger partial charge in [-0.3, -0.25) is 14.2 Å². The van der Waals surface area contributed by atoms with Crippen LogP contribution in [0, 0.1) is 0 Å². The first kappa shape index (κ1) is 30.4. The van der Waals surface area contributed by atoms with E-state index in [1.54, 1.807) is 61.1 Å². The highest BCUT2D eigenvalue weighted by molar-refractivity contribution is 7.07. The molecule has 0 fully saturated rings. The minimum absolute atomic E-state index is 0.277. The monoisotopic (exact) mass is 655 g/mol. The van der Waals surface area contributed by atoms with Crippen LogP contribution < -0.4 is 29.7 Å². The van der Waals surface area contributed by atoms with Crippen LogP contribution in [0.3, 0.4) is 0 Å². The van der Waals surface area contributed by atoms with Gasteiger partial charge in [0.25, 0.3) is 11.5 Å². The van der Waals surface area contributed by atoms with Crippen LogP contribution in [-0.2, 0) is 11.4 Å². The van der Waals surface area contributed by atoms with Gasteiger partial charge in [0, 0.05) is 21.3 Å². The Balaban J connectivity index is 1.45. The van der Waals surface area contributed by atoms with Crippen LogP contribution in [0.4, 0.5) is 5.69 Å². The lowest BCUT2D eigenvalue weighted by atomic mass is 9.95. The number of amides is 1. The van der Waals surface area contributed by atoms with Crippen molar-refractivity contribution >= 4 is 52.2 Å². The number of para-hydroxylation sites is 1. The van der Waals surface area contributed by atoms with Gasteiger partial charge in [-0.15, -0.1) is 0 Å². The van der Waals surface area contributed by atoms with E-state index in [-0.39, 0.29) is 18.1 Å². The van der Waals surface area contributed by atoms with Crippen LogP contribution in [0.15, 0.2) is 118 Å². The predicted octanol–water partition coefficient (Wildman–Crippen LogP) is 6.77. The maximum atomic E-state index is 14.2. The fraction of sp³-hybridized carbons (Fsp3) is 0.114. The third-order valence-corrected chi connectivity index (χ3v) is 8.70. The van der Waals surface area contributed by atoms with E-state index in [2.05, 4.69) is 5.32 Å². The zero-order valence-corrected chi connectivity index (χ0v) is 26.6. The van der Waals surface area contributed by atoms with Crippen molar-refractivity contribution in [1.82, 2.24) is 4.57 Å². The first-order valence-corrected chi connectivity index (χ1v) is 15.6. The normalized spacial score (nSPS) is 14.5. The second kappa shape index (κ2) is 13.2. The number of rotatable bonds is 8. The molecule has 0 saturated carbocycles. The number of hydrogen-bond donors (Lipinski definition) is 1. The second-order valence-corrected chi connectivity index (χ2v) is 12.2. The highest BCUT2D eigenvalue weighted by Gasteiger charge is 2.32. The number of benzene rings is 4. The first-order chi connectivity index (χ1) is 21.8. The highest BCUT2D eigenvalue weighted by atomic mass is 35.5. The number of hydrogen-bond acceptors (Lipinski definition) is 6. The average molecular weight is 657 g/mol. The summed E-state index contributed by atoms with van der Waals surface area (Å²) < 4.78 is 13.6. The van der Waals surface area contributed by atoms with Gasteiger partial charge in [0.2, 0.25) is 0 Å². The van der Waals surface area contributed by atoms with E-state index < -0.39 is 6.04 Å². The van der Waals surface area contributed by atoms with Crippen molar-refractivity contribution in [2.45, 2.75) is 19.6 Å². The van der Waals surface area contributed by atoms with Gasteiger partial charge in [0.1, 0.15) is 18.1 Å². The van der Waals surface area contributed by atoms with Gasteiger partial charge in [0.15, 0.2) is 4.80 Å². The Bertz CT molecular complexity index is 2120. The number of halogens is 2. The Kier molecular flexibility index (Phi) is 8.89. The summed E-state index contributed by atoms with van der Waals surface area (Å²) in [5, 5.41) is 4.08. The molecule has 1 aromatic heterocycles. The van der Waals surface area contributed by atoms with Gasteiger partial charge >= 0.3 is 0 Å². The number of ether oxygens (including phenoxy) is 2. The molecule has 4 aromatic carbocycles. The summed E-state index contributed by atoms with van der Waals surface area (Å²) in [7, 11) is 1.58. The molecule has 226 valence electrons. The number of fused-ring (bicyclic) bond motifs is 1. The average Bonchev–Trinajstić information content (AvgIpc) is 3.34. The molecule has 45 heavy (non-hydrogen) atoms. The topological polar surface area (TPSA) is 81.9 Å². The number of thiazole rings is 1. The second-order valence-electron chi connectivity index (χ2n) is 10.3. The molecule has 1 N–H and O–H groups in total. The van der Waals surface area contributed by atoms with Gasteiger partial charge in [-0.05, 0) is 78.7 Å². The first-order valence-electron chi connectivity index (χ1n) is 14.0. The van der Waals surface area contributed by atoms with Gasteiger partial charge in [-0.2, -0.15) is 0 Å². The zero-order chi connectivity index (χ0) is 31.5. The van der Waals surface area contributed by atoms with Crippen LogP contribution in [0.5, 0.6) is 11.5 Å². The molecule has 5 aromatic rings. The van der Waals surface area contributed by atoms with Crippen molar-refractivity contribution in [2.75, 3.05) is 12.4 Å². The molecule has 1 atom stereocenters. The van der Waals surface area contributed by atoms with Gasteiger partial charge < -0.3 is 14.8 Å². The molecular weight excluding hydrogens is 629 g/mol. The molecule has 2 heterocycles. The zero-order valence-electron chi connectivity index (χ0n) is 24.3. The fourth-order valence-corrected chi connectivity index (χ4v) is 6.58. The summed E-state index contributed by atoms with van der Waals surface area (Å²) in [5.41, 5.74) is 3.45. The quantitative estimate of drug-likeness (QED) is 0.200. The lowest BCUT2D eigenvalue weighted by molar-refractivity contribution is -0.113. The summed E-state index contributed by atoms with van der Waals surface area (Å²) in [5.74, 6) is 0.803. The van der Waals surface area contributed by atoms with Crippen molar-refractivity contribution in [3.8, 4) is 11.5 Å². The number of carbonyl (C=O) groups excluding carboxylic acids is 1. The molecule has 0 saturated heterocycles. The number of allylic oxidation sites excluding steroid dienone is 1. The summed E-state index contributed by atoms with van der Waals surface area (Å²) in [4.78, 5) is 33.2. The molecule has 7 nitrogen and oxygen atoms in total. The summed E-state index contributed by atoms with van der Waals surface area (Å²) in [6.45, 7) is 2.06. The maximum absolute atomic E-state index is 14.2. The van der Waals surface area contributed by atoms with E-state index >= 15 is 0 Å². The Morgan fingerprint density at radius 2 is 1.76 bits per heavy atom. The van der Waals surface area contributed by atoms with Gasteiger partial charge in [-0.25, -0.2) is 4.99 Å². The largest absolute Gasteiger partial charge is 0.497 e. The van der Waals surface area contributed by atoms with Crippen LogP contribution in [-0.4, -0.2) is 17.6 Å². The Morgan fingerprint density at radius 1 is 0.978 bits per heavy atom. The molecule has 6 rings (SSSR count). The lowest BCUT2D eigenvalue weighted by Crippen LogP contribution is -2.40. The van der Waals surface area contributed by atoms with E-state index in [1.807, 2.05) is 60.7 Å². The Labute approximate surface area is 273 Å². The van der Waals surface area contributed by atoms with E-state index in [9.17, 15) is 9.59 Å². The highest BCUT2D eigenvalue weighted by Crippen LogP contribution is 2.32. The summed E-state index contributed by atoms with van der Waals surface area (Å²) >= 11 is 13.8. The summed E-state index contributed by atoms with van der Waals surface area (Å²) in [6, 6.07) is 28.4. The minimum Gasteiger partial charge on any atom is -0.497 e. The molecule has 0 bridgehead atoms. The van der Waals surface area contributed by atoms with Gasteiger partial charge in [-0.1, -0.05) is 77.0 Å². The molecule has 1 aliphatic rings. The van der Waals surface area contributed by atoms with E-state index in [1.165, 1.54) is 11.3 Å². The van der Waals surface area contributed by atoms with Crippen molar-refractivity contribution in [3.05, 3.63) is 155 Å². The number of anilines is 1. The number of aromatic nitrogens is 1. The Hall–Kier alpha value is -4.63. The number of nitrogens with one attached hydrogen (secondary N) is 1. The number of carbonyl (C=O) groups is 1. The molecule has 1 aliphatic heterocycles. The lowest BCUT2D eigenvalue weighted by Gasteiger charge is -2.25.